The molecule has 0 aliphatic heterocycles. The van der Waals surface area contributed by atoms with Crippen LogP contribution in [-0.2, 0) is 0 Å². The van der Waals surface area contributed by atoms with E-state index in [4.69, 9.17) is 5.73 Å². The zero-order valence-corrected chi connectivity index (χ0v) is 9.66. The normalized spacial score (nSPS) is 12.0. The molecule has 74 valence electrons. The molecule has 1 rings (SSSR count). The molecule has 0 saturated heterocycles. The van der Waals surface area contributed by atoms with Crippen LogP contribution >= 0.6 is 28.3 Å². The molecule has 1 aromatic rings. The highest BCUT2D eigenvalue weighted by Crippen LogP contribution is 2.26. The van der Waals surface area contributed by atoms with Crippen LogP contribution < -0.4 is 5.73 Å². The monoisotopic (exact) mass is 267 g/mol. The SMILES string of the molecule is CC[C@H](N)c1c(F)cccc1Br.Cl. The van der Waals surface area contributed by atoms with E-state index in [0.29, 0.717) is 5.56 Å². The Labute approximate surface area is 92.1 Å². The van der Waals surface area contributed by atoms with Gasteiger partial charge in [0.1, 0.15) is 5.82 Å². The molecule has 0 saturated carbocycles. The van der Waals surface area contributed by atoms with Gasteiger partial charge in [0, 0.05) is 16.1 Å². The van der Waals surface area contributed by atoms with E-state index in [1.807, 2.05) is 6.92 Å². The second-order valence-corrected chi connectivity index (χ2v) is 3.50. The van der Waals surface area contributed by atoms with Gasteiger partial charge in [-0.15, -0.1) is 12.4 Å². The summed E-state index contributed by atoms with van der Waals surface area (Å²) in [5, 5.41) is 0. The molecule has 1 atom stereocenters. The Balaban J connectivity index is 0.00000144. The van der Waals surface area contributed by atoms with Gasteiger partial charge in [-0.2, -0.15) is 0 Å². The Morgan fingerprint density at radius 1 is 1.54 bits per heavy atom. The summed E-state index contributed by atoms with van der Waals surface area (Å²) >= 11 is 3.27. The van der Waals surface area contributed by atoms with Gasteiger partial charge in [-0.1, -0.05) is 28.9 Å². The lowest BCUT2D eigenvalue weighted by Crippen LogP contribution is -2.11. The minimum atomic E-state index is -0.237. The summed E-state index contributed by atoms with van der Waals surface area (Å²) < 4.78 is 13.9. The van der Waals surface area contributed by atoms with Crippen LogP contribution in [0.25, 0.3) is 0 Å². The van der Waals surface area contributed by atoms with Crippen LogP contribution in [0.1, 0.15) is 24.9 Å². The van der Waals surface area contributed by atoms with Crippen LogP contribution in [0.2, 0.25) is 0 Å². The Hall–Kier alpha value is -0.120. The number of rotatable bonds is 2. The second-order valence-electron chi connectivity index (χ2n) is 2.65. The molecule has 2 N–H and O–H groups in total. The maximum atomic E-state index is 13.2. The fourth-order valence-electron chi connectivity index (χ4n) is 1.07. The Bertz CT molecular complexity index is 260. The summed E-state index contributed by atoms with van der Waals surface area (Å²) in [5.41, 5.74) is 6.30. The van der Waals surface area contributed by atoms with E-state index in [9.17, 15) is 4.39 Å². The van der Waals surface area contributed by atoms with Crippen molar-refractivity contribution in [3.63, 3.8) is 0 Å². The summed E-state index contributed by atoms with van der Waals surface area (Å²) in [4.78, 5) is 0. The zero-order valence-electron chi connectivity index (χ0n) is 7.26. The van der Waals surface area contributed by atoms with Gasteiger partial charge in [0.25, 0.3) is 0 Å². The first-order chi connectivity index (χ1) is 5.66. The summed E-state index contributed by atoms with van der Waals surface area (Å²) in [6, 6.07) is 4.66. The van der Waals surface area contributed by atoms with E-state index in [1.54, 1.807) is 12.1 Å². The van der Waals surface area contributed by atoms with Crippen molar-refractivity contribution in [2.75, 3.05) is 0 Å². The summed E-state index contributed by atoms with van der Waals surface area (Å²) in [6.07, 6.45) is 0.736. The largest absolute Gasteiger partial charge is 0.324 e. The lowest BCUT2D eigenvalue weighted by atomic mass is 10.1. The number of nitrogens with two attached hydrogens (primary N) is 1. The molecule has 0 aromatic heterocycles. The third-order valence-electron chi connectivity index (χ3n) is 1.81. The van der Waals surface area contributed by atoms with Crippen LogP contribution in [0.3, 0.4) is 0 Å². The summed E-state index contributed by atoms with van der Waals surface area (Å²) in [6.45, 7) is 1.93. The van der Waals surface area contributed by atoms with E-state index in [1.165, 1.54) is 6.07 Å². The lowest BCUT2D eigenvalue weighted by Gasteiger charge is -2.11. The third-order valence-corrected chi connectivity index (χ3v) is 2.50. The molecule has 13 heavy (non-hydrogen) atoms. The maximum Gasteiger partial charge on any atom is 0.129 e. The first-order valence-corrected chi connectivity index (χ1v) is 4.65. The highest BCUT2D eigenvalue weighted by molar-refractivity contribution is 9.10. The third kappa shape index (κ3) is 2.93. The van der Waals surface area contributed by atoms with Crippen molar-refractivity contribution in [1.29, 1.82) is 0 Å². The highest BCUT2D eigenvalue weighted by Gasteiger charge is 2.12. The summed E-state index contributed by atoms with van der Waals surface area (Å²) in [5.74, 6) is -0.237. The predicted octanol–water partition coefficient (Wildman–Crippen LogP) is 3.42. The Morgan fingerprint density at radius 3 is 2.62 bits per heavy atom. The van der Waals surface area contributed by atoms with Crippen LogP contribution in [0.4, 0.5) is 4.39 Å². The van der Waals surface area contributed by atoms with Crippen molar-refractivity contribution in [3.8, 4) is 0 Å². The van der Waals surface area contributed by atoms with Crippen LogP contribution in [0, 0.1) is 5.82 Å². The molecule has 1 aromatic carbocycles. The van der Waals surface area contributed by atoms with Gasteiger partial charge >= 0.3 is 0 Å². The zero-order chi connectivity index (χ0) is 9.14. The number of hydrogen-bond acceptors (Lipinski definition) is 1. The molecule has 0 aliphatic rings. The van der Waals surface area contributed by atoms with Crippen LogP contribution in [0.15, 0.2) is 22.7 Å². The molecule has 0 amide bonds. The molecule has 0 radical (unpaired) electrons. The average molecular weight is 269 g/mol. The van der Waals surface area contributed by atoms with Gasteiger partial charge in [0.05, 0.1) is 0 Å². The topological polar surface area (TPSA) is 26.0 Å². The maximum absolute atomic E-state index is 13.2. The highest BCUT2D eigenvalue weighted by atomic mass is 79.9. The van der Waals surface area contributed by atoms with Crippen molar-refractivity contribution < 1.29 is 4.39 Å². The van der Waals surface area contributed by atoms with Crippen molar-refractivity contribution >= 4 is 28.3 Å². The van der Waals surface area contributed by atoms with Crippen molar-refractivity contribution in [2.45, 2.75) is 19.4 Å². The van der Waals surface area contributed by atoms with Gasteiger partial charge in [-0.3, -0.25) is 0 Å². The second kappa shape index (κ2) is 5.58. The molecule has 0 spiro atoms. The lowest BCUT2D eigenvalue weighted by molar-refractivity contribution is 0.573. The van der Waals surface area contributed by atoms with E-state index < -0.39 is 0 Å². The quantitative estimate of drug-likeness (QED) is 0.874. The van der Waals surface area contributed by atoms with E-state index in [-0.39, 0.29) is 24.3 Å². The Morgan fingerprint density at radius 2 is 2.15 bits per heavy atom. The average Bonchev–Trinajstić information content (AvgIpc) is 2.03. The van der Waals surface area contributed by atoms with E-state index in [0.717, 1.165) is 10.9 Å². The van der Waals surface area contributed by atoms with Crippen LogP contribution in [0.5, 0.6) is 0 Å². The van der Waals surface area contributed by atoms with Crippen molar-refractivity contribution in [3.05, 3.63) is 34.1 Å². The van der Waals surface area contributed by atoms with Crippen molar-refractivity contribution in [2.24, 2.45) is 5.73 Å². The molecule has 0 unspecified atom stereocenters. The van der Waals surface area contributed by atoms with E-state index >= 15 is 0 Å². The minimum Gasteiger partial charge on any atom is -0.324 e. The smallest absolute Gasteiger partial charge is 0.129 e. The van der Waals surface area contributed by atoms with Gasteiger partial charge < -0.3 is 5.73 Å². The molecule has 0 heterocycles. The van der Waals surface area contributed by atoms with E-state index in [2.05, 4.69) is 15.9 Å². The predicted molar refractivity (Wildman–Crippen MR) is 58.6 cm³/mol. The molecule has 4 heteroatoms. The van der Waals surface area contributed by atoms with Crippen molar-refractivity contribution in [1.82, 2.24) is 0 Å². The molecule has 1 nitrogen and oxygen atoms in total. The standard InChI is InChI=1S/C9H11BrFN.ClH/c1-2-8(12)9-6(10)4-3-5-7(9)11;/h3-5,8H,2,12H2,1H3;1H/t8-;/m0./s1. The Kier molecular flexibility index (Phi) is 5.53. The van der Waals surface area contributed by atoms with Gasteiger partial charge in [-0.25, -0.2) is 4.39 Å². The number of benzene rings is 1. The fraction of sp³-hybridized carbons (Fsp3) is 0.333. The van der Waals surface area contributed by atoms with Gasteiger partial charge in [0.2, 0.25) is 0 Å². The first-order valence-electron chi connectivity index (χ1n) is 3.86. The van der Waals surface area contributed by atoms with Gasteiger partial charge in [0.15, 0.2) is 0 Å². The fourth-order valence-corrected chi connectivity index (χ4v) is 1.71. The molecule has 0 aliphatic carbocycles. The molecular weight excluding hydrogens is 256 g/mol. The van der Waals surface area contributed by atoms with Crippen LogP contribution in [-0.4, -0.2) is 0 Å². The number of hydrogen-bond donors (Lipinski definition) is 1. The molecule has 0 bridgehead atoms. The number of halogens is 3. The minimum absolute atomic E-state index is 0. The summed E-state index contributed by atoms with van der Waals surface area (Å²) in [7, 11) is 0. The molecular formula is C9H12BrClFN. The first kappa shape index (κ1) is 12.9. The molecule has 0 fully saturated rings. The van der Waals surface area contributed by atoms with Gasteiger partial charge in [-0.05, 0) is 18.6 Å².